The number of β-amino-alcohol motifs (C(OH)–C–C–N with tert-alkyl or cyclic N) is 1. The summed E-state index contributed by atoms with van der Waals surface area (Å²) in [6.07, 6.45) is 3.36. The van der Waals surface area contributed by atoms with Crippen molar-refractivity contribution in [3.8, 4) is 17.2 Å². The number of likely N-dealkylation sites (tertiary alicyclic amines) is 2. The van der Waals surface area contributed by atoms with Gasteiger partial charge in [0.15, 0.2) is 0 Å². The van der Waals surface area contributed by atoms with Gasteiger partial charge >= 0.3 is 0 Å². The van der Waals surface area contributed by atoms with E-state index in [9.17, 15) is 9.50 Å². The van der Waals surface area contributed by atoms with Crippen molar-refractivity contribution in [1.82, 2.24) is 14.8 Å². The van der Waals surface area contributed by atoms with Crippen LogP contribution in [-0.2, 0) is 6.54 Å². The van der Waals surface area contributed by atoms with Crippen molar-refractivity contribution in [2.24, 2.45) is 0 Å². The van der Waals surface area contributed by atoms with Crippen molar-refractivity contribution >= 4 is 0 Å². The van der Waals surface area contributed by atoms with E-state index in [1.165, 1.54) is 32.4 Å². The van der Waals surface area contributed by atoms with Crippen LogP contribution >= 0.6 is 0 Å². The number of benzene rings is 1. The van der Waals surface area contributed by atoms with Crippen molar-refractivity contribution < 1.29 is 18.7 Å². The third-order valence-electron chi connectivity index (χ3n) is 5.87. The Balaban J connectivity index is 1.46. The second kappa shape index (κ2) is 8.19. The Morgan fingerprint density at radius 3 is 2.75 bits per heavy atom. The summed E-state index contributed by atoms with van der Waals surface area (Å²) in [5, 5.41) is 10.5. The molecule has 0 unspecified atom stereocenters. The normalized spacial score (nSPS) is 24.0. The quantitative estimate of drug-likeness (QED) is 0.849. The van der Waals surface area contributed by atoms with E-state index >= 15 is 0 Å². The number of piperidine rings is 1. The molecular formula is C21H28FN3O3. The van der Waals surface area contributed by atoms with Crippen LogP contribution in [-0.4, -0.2) is 65.3 Å². The van der Waals surface area contributed by atoms with Crippen LogP contribution in [0.15, 0.2) is 22.6 Å². The SMILES string of the molecule is COc1ccc(-c2nc(CN3C[C@H](O)[C@@H](N4CCCCC4)C3)c(C)o2)c(F)c1. The van der Waals surface area contributed by atoms with E-state index in [0.29, 0.717) is 30.2 Å². The minimum absolute atomic E-state index is 0.186. The standard InChI is InChI=1S/C21H28FN3O3/c1-14-18(23-21(28-14)16-7-6-15(27-2)10-17(16)22)11-24-12-19(20(26)13-24)25-8-4-3-5-9-25/h6-7,10,19-20,26H,3-5,8-9,11-13H2,1-2H3/t19-,20-/m0/s1. The number of hydrogen-bond acceptors (Lipinski definition) is 6. The van der Waals surface area contributed by atoms with Gasteiger partial charge in [-0.15, -0.1) is 0 Å². The fourth-order valence-electron chi connectivity index (χ4n) is 4.28. The van der Waals surface area contributed by atoms with Gasteiger partial charge in [-0.25, -0.2) is 9.37 Å². The summed E-state index contributed by atoms with van der Waals surface area (Å²) in [4.78, 5) is 9.17. The predicted molar refractivity (Wildman–Crippen MR) is 104 cm³/mol. The molecule has 6 nitrogen and oxygen atoms in total. The zero-order chi connectivity index (χ0) is 19.7. The molecule has 0 spiro atoms. The monoisotopic (exact) mass is 389 g/mol. The highest BCUT2D eigenvalue weighted by Gasteiger charge is 2.36. The number of methoxy groups -OCH3 is 1. The number of ether oxygens (including phenoxy) is 1. The van der Waals surface area contributed by atoms with E-state index in [0.717, 1.165) is 25.3 Å². The van der Waals surface area contributed by atoms with Crippen LogP contribution in [0.4, 0.5) is 4.39 Å². The lowest BCUT2D eigenvalue weighted by molar-refractivity contribution is 0.0706. The summed E-state index contributed by atoms with van der Waals surface area (Å²) < 4.78 is 25.1. The molecule has 2 fully saturated rings. The Bertz CT molecular complexity index is 819. The van der Waals surface area contributed by atoms with Gasteiger partial charge in [-0.3, -0.25) is 9.80 Å². The number of rotatable bonds is 5. The minimum Gasteiger partial charge on any atom is -0.497 e. The largest absolute Gasteiger partial charge is 0.497 e. The molecule has 0 bridgehead atoms. The highest BCUT2D eigenvalue weighted by Crippen LogP contribution is 2.29. The van der Waals surface area contributed by atoms with Crippen LogP contribution in [0.3, 0.4) is 0 Å². The third-order valence-corrected chi connectivity index (χ3v) is 5.87. The molecule has 3 heterocycles. The van der Waals surface area contributed by atoms with Gasteiger partial charge in [-0.2, -0.15) is 0 Å². The first-order valence-electron chi connectivity index (χ1n) is 10.00. The van der Waals surface area contributed by atoms with Gasteiger partial charge in [0.25, 0.3) is 0 Å². The van der Waals surface area contributed by atoms with Crippen LogP contribution in [0.5, 0.6) is 5.75 Å². The molecular weight excluding hydrogens is 361 g/mol. The number of halogens is 1. The summed E-state index contributed by atoms with van der Waals surface area (Å²) in [6.45, 7) is 6.02. The molecule has 1 aromatic heterocycles. The Kier molecular flexibility index (Phi) is 5.66. The average Bonchev–Trinajstić information content (AvgIpc) is 3.25. The van der Waals surface area contributed by atoms with Crippen molar-refractivity contribution in [3.05, 3.63) is 35.5 Å². The lowest BCUT2D eigenvalue weighted by Crippen LogP contribution is -2.45. The number of oxazole rings is 1. The minimum atomic E-state index is -0.422. The van der Waals surface area contributed by atoms with Crippen LogP contribution < -0.4 is 4.74 Å². The number of hydrogen-bond donors (Lipinski definition) is 1. The first kappa shape index (κ1) is 19.4. The highest BCUT2D eigenvalue weighted by atomic mass is 19.1. The average molecular weight is 389 g/mol. The summed E-state index contributed by atoms with van der Waals surface area (Å²) in [6, 6.07) is 4.83. The molecule has 0 radical (unpaired) electrons. The Morgan fingerprint density at radius 1 is 1.25 bits per heavy atom. The zero-order valence-corrected chi connectivity index (χ0v) is 16.5. The number of nitrogens with zero attached hydrogens (tertiary/aromatic N) is 3. The van der Waals surface area contributed by atoms with Gasteiger partial charge in [0.1, 0.15) is 17.3 Å². The van der Waals surface area contributed by atoms with E-state index in [2.05, 4.69) is 14.8 Å². The van der Waals surface area contributed by atoms with Gasteiger partial charge < -0.3 is 14.3 Å². The molecule has 152 valence electrons. The number of aromatic nitrogens is 1. The van der Waals surface area contributed by atoms with Crippen molar-refractivity contribution in [2.75, 3.05) is 33.3 Å². The Labute approximate surface area is 164 Å². The van der Waals surface area contributed by atoms with Gasteiger partial charge in [-0.1, -0.05) is 6.42 Å². The van der Waals surface area contributed by atoms with Gasteiger partial charge in [-0.05, 0) is 45.0 Å². The topological polar surface area (TPSA) is 62.0 Å². The first-order valence-corrected chi connectivity index (χ1v) is 10.00. The molecule has 2 aliphatic heterocycles. The fourth-order valence-corrected chi connectivity index (χ4v) is 4.28. The number of aliphatic hydroxyl groups is 1. The number of aliphatic hydroxyl groups excluding tert-OH is 1. The van der Waals surface area contributed by atoms with Crippen LogP contribution in [0.25, 0.3) is 11.5 Å². The maximum absolute atomic E-state index is 14.3. The van der Waals surface area contributed by atoms with Crippen LogP contribution in [0, 0.1) is 12.7 Å². The second-order valence-electron chi connectivity index (χ2n) is 7.79. The zero-order valence-electron chi connectivity index (χ0n) is 16.5. The van der Waals surface area contributed by atoms with E-state index in [-0.39, 0.29) is 18.0 Å². The summed E-state index contributed by atoms with van der Waals surface area (Å²) in [5.41, 5.74) is 1.11. The van der Waals surface area contributed by atoms with Crippen LogP contribution in [0.1, 0.15) is 30.7 Å². The van der Waals surface area contributed by atoms with E-state index in [4.69, 9.17) is 9.15 Å². The van der Waals surface area contributed by atoms with Gasteiger partial charge in [0, 0.05) is 31.7 Å². The molecule has 2 saturated heterocycles. The van der Waals surface area contributed by atoms with Gasteiger partial charge in [0.2, 0.25) is 5.89 Å². The molecule has 0 saturated carbocycles. The Hall–Kier alpha value is -1.96. The molecule has 28 heavy (non-hydrogen) atoms. The molecule has 2 aromatic rings. The molecule has 4 rings (SSSR count). The Morgan fingerprint density at radius 2 is 2.04 bits per heavy atom. The van der Waals surface area contributed by atoms with Crippen molar-refractivity contribution in [1.29, 1.82) is 0 Å². The smallest absolute Gasteiger partial charge is 0.229 e. The second-order valence-corrected chi connectivity index (χ2v) is 7.79. The van der Waals surface area contributed by atoms with E-state index < -0.39 is 5.82 Å². The maximum Gasteiger partial charge on any atom is 0.229 e. The first-order chi connectivity index (χ1) is 13.5. The molecule has 7 heteroatoms. The molecule has 0 amide bonds. The van der Waals surface area contributed by atoms with E-state index in [1.807, 2.05) is 6.92 Å². The lowest BCUT2D eigenvalue weighted by atomic mass is 10.1. The number of aryl methyl sites for hydroxylation is 1. The molecule has 1 aromatic carbocycles. The fraction of sp³-hybridized carbons (Fsp3) is 0.571. The highest BCUT2D eigenvalue weighted by molar-refractivity contribution is 5.56. The van der Waals surface area contributed by atoms with Crippen molar-refractivity contribution in [2.45, 2.75) is 44.9 Å². The summed E-state index contributed by atoms with van der Waals surface area (Å²) >= 11 is 0. The predicted octanol–water partition coefficient (Wildman–Crippen LogP) is 2.83. The van der Waals surface area contributed by atoms with E-state index in [1.54, 1.807) is 12.1 Å². The molecule has 1 N–H and O–H groups in total. The summed E-state index contributed by atoms with van der Waals surface area (Å²) in [5.74, 6) is 0.995. The van der Waals surface area contributed by atoms with Gasteiger partial charge in [0.05, 0.1) is 24.5 Å². The lowest BCUT2D eigenvalue weighted by Gasteiger charge is -2.33. The van der Waals surface area contributed by atoms with Crippen molar-refractivity contribution in [3.63, 3.8) is 0 Å². The molecule has 2 atom stereocenters. The molecule has 0 aliphatic carbocycles. The molecule has 2 aliphatic rings. The maximum atomic E-state index is 14.3. The third kappa shape index (κ3) is 3.92. The van der Waals surface area contributed by atoms with Crippen LogP contribution in [0.2, 0.25) is 0 Å². The summed E-state index contributed by atoms with van der Waals surface area (Å²) in [7, 11) is 1.50.